The lowest BCUT2D eigenvalue weighted by atomic mass is 9.95. The Morgan fingerprint density at radius 3 is 2.38 bits per heavy atom. The Labute approximate surface area is 186 Å². The van der Waals surface area contributed by atoms with Crippen LogP contribution >= 0.6 is 0 Å². The van der Waals surface area contributed by atoms with Crippen LogP contribution in [0.25, 0.3) is 11.1 Å². The lowest BCUT2D eigenvalue weighted by Gasteiger charge is -2.39. The van der Waals surface area contributed by atoms with Crippen LogP contribution in [0.4, 0.5) is 0 Å². The van der Waals surface area contributed by atoms with Gasteiger partial charge in [-0.1, -0.05) is 12.1 Å². The Morgan fingerprint density at radius 1 is 0.969 bits per heavy atom. The van der Waals surface area contributed by atoms with E-state index in [1.807, 2.05) is 36.1 Å². The Morgan fingerprint density at radius 2 is 1.69 bits per heavy atom. The number of furan rings is 1. The number of fused-ring (bicyclic) bond motifs is 1. The minimum atomic E-state index is -0.174. The quantitative estimate of drug-likeness (QED) is 0.625. The molecule has 168 valence electrons. The molecule has 0 aliphatic carbocycles. The largest absolute Gasteiger partial charge is 0.459 e. The third kappa shape index (κ3) is 4.02. The molecule has 5 rings (SSSR count). The number of carbonyl (C=O) groups is 2. The molecule has 1 unspecified atom stereocenters. The van der Waals surface area contributed by atoms with Crippen LogP contribution in [-0.4, -0.2) is 76.8 Å². The average molecular weight is 437 g/mol. The third-order valence-corrected chi connectivity index (χ3v) is 6.70. The van der Waals surface area contributed by atoms with Crippen LogP contribution < -0.4 is 0 Å². The van der Waals surface area contributed by atoms with Crippen LogP contribution in [0, 0.1) is 0 Å². The zero-order chi connectivity index (χ0) is 22.1. The normalized spacial score (nSPS) is 19.4. The molecular formula is C24H28N4O4. The van der Waals surface area contributed by atoms with Crippen molar-refractivity contribution >= 4 is 22.9 Å². The van der Waals surface area contributed by atoms with Crippen molar-refractivity contribution in [3.63, 3.8) is 0 Å². The molecule has 0 radical (unpaired) electrons. The summed E-state index contributed by atoms with van der Waals surface area (Å²) in [6.45, 7) is 5.82. The number of rotatable bonds is 4. The molecule has 2 aliphatic rings. The summed E-state index contributed by atoms with van der Waals surface area (Å²) in [6, 6.07) is 11.1. The zero-order valence-corrected chi connectivity index (χ0v) is 18.3. The molecule has 8 heteroatoms. The van der Waals surface area contributed by atoms with Crippen molar-refractivity contribution in [1.82, 2.24) is 19.7 Å². The van der Waals surface area contributed by atoms with Gasteiger partial charge in [0.2, 0.25) is 5.91 Å². The molecule has 2 saturated heterocycles. The van der Waals surface area contributed by atoms with Crippen LogP contribution in [0.1, 0.15) is 42.1 Å². The van der Waals surface area contributed by atoms with Gasteiger partial charge in [0.1, 0.15) is 5.52 Å². The molecule has 0 saturated carbocycles. The van der Waals surface area contributed by atoms with E-state index in [4.69, 9.17) is 8.83 Å². The number of hydrogen-bond donors (Lipinski definition) is 0. The van der Waals surface area contributed by atoms with E-state index in [1.165, 1.54) is 6.26 Å². The van der Waals surface area contributed by atoms with E-state index in [0.29, 0.717) is 31.9 Å². The molecule has 2 fully saturated rings. The van der Waals surface area contributed by atoms with E-state index < -0.39 is 0 Å². The minimum absolute atomic E-state index is 0.114. The van der Waals surface area contributed by atoms with Crippen molar-refractivity contribution in [3.05, 3.63) is 54.3 Å². The predicted octanol–water partition coefficient (Wildman–Crippen LogP) is 2.97. The van der Waals surface area contributed by atoms with Gasteiger partial charge in [0, 0.05) is 32.1 Å². The highest BCUT2D eigenvalue weighted by atomic mass is 16.3. The number of hydrogen-bond acceptors (Lipinski definition) is 6. The van der Waals surface area contributed by atoms with Gasteiger partial charge in [0.05, 0.1) is 12.3 Å². The Kier molecular flexibility index (Phi) is 5.70. The summed E-state index contributed by atoms with van der Waals surface area (Å²) in [7, 11) is 0. The maximum Gasteiger partial charge on any atom is 0.289 e. The Bertz CT molecular complexity index is 1040. The van der Waals surface area contributed by atoms with Crippen molar-refractivity contribution in [2.24, 2.45) is 0 Å². The smallest absolute Gasteiger partial charge is 0.289 e. The second-order valence-electron chi connectivity index (χ2n) is 8.60. The third-order valence-electron chi connectivity index (χ3n) is 6.70. The number of aromatic nitrogens is 1. The molecule has 2 aromatic heterocycles. The van der Waals surface area contributed by atoms with Crippen molar-refractivity contribution in [1.29, 1.82) is 0 Å². The lowest BCUT2D eigenvalue weighted by molar-refractivity contribution is -0.138. The van der Waals surface area contributed by atoms with Gasteiger partial charge in [-0.2, -0.15) is 0 Å². The Hall–Kier alpha value is -3.13. The first kappa shape index (κ1) is 20.8. The topological polar surface area (TPSA) is 83.0 Å². The molecule has 8 nitrogen and oxygen atoms in total. The highest BCUT2D eigenvalue weighted by molar-refractivity contribution is 5.91. The fourth-order valence-corrected chi connectivity index (χ4v) is 4.70. The second kappa shape index (κ2) is 8.78. The number of amides is 2. The van der Waals surface area contributed by atoms with E-state index >= 15 is 0 Å². The SMILES string of the molecule is CC(C(=O)N1CCN(C(=O)c2ccco2)CC1)N1CCC(c2nc3ccccc3o2)CC1. The number of likely N-dealkylation sites (tertiary alicyclic amines) is 1. The standard InChI is InChI=1S/C24H28N4O4/c1-17(23(29)27-12-14-28(15-13-27)24(30)21-7-4-16-31-21)26-10-8-18(9-11-26)22-25-19-5-2-3-6-20(19)32-22/h2-7,16-18H,8-15H2,1H3. The van der Waals surface area contributed by atoms with Gasteiger partial charge in [0.25, 0.3) is 5.91 Å². The first-order valence-electron chi connectivity index (χ1n) is 11.3. The van der Waals surface area contributed by atoms with Gasteiger partial charge in [0.15, 0.2) is 17.2 Å². The fourth-order valence-electron chi connectivity index (χ4n) is 4.70. The van der Waals surface area contributed by atoms with Gasteiger partial charge in [-0.05, 0) is 57.1 Å². The summed E-state index contributed by atoms with van der Waals surface area (Å²) in [5.41, 5.74) is 1.73. The zero-order valence-electron chi connectivity index (χ0n) is 18.3. The molecule has 1 aromatic carbocycles. The van der Waals surface area contributed by atoms with Gasteiger partial charge < -0.3 is 18.6 Å². The summed E-state index contributed by atoms with van der Waals surface area (Å²) < 4.78 is 11.2. The van der Waals surface area contributed by atoms with Crippen LogP contribution in [-0.2, 0) is 4.79 Å². The summed E-state index contributed by atoms with van der Waals surface area (Å²) >= 11 is 0. The van der Waals surface area contributed by atoms with Gasteiger partial charge in [-0.25, -0.2) is 4.98 Å². The minimum Gasteiger partial charge on any atom is -0.459 e. The van der Waals surface area contributed by atoms with Crippen LogP contribution in [0.2, 0.25) is 0 Å². The summed E-state index contributed by atoms with van der Waals surface area (Å²) in [5, 5.41) is 0. The van der Waals surface area contributed by atoms with Crippen LogP contribution in [0.3, 0.4) is 0 Å². The lowest BCUT2D eigenvalue weighted by Crippen LogP contribution is -2.55. The Balaban J connectivity index is 1.13. The first-order valence-corrected chi connectivity index (χ1v) is 11.3. The van der Waals surface area contributed by atoms with E-state index in [0.717, 1.165) is 42.9 Å². The second-order valence-corrected chi connectivity index (χ2v) is 8.60. The van der Waals surface area contributed by atoms with Crippen molar-refractivity contribution in [2.75, 3.05) is 39.3 Å². The number of piperidine rings is 1. The number of oxazole rings is 1. The molecule has 32 heavy (non-hydrogen) atoms. The number of benzene rings is 1. The maximum atomic E-state index is 13.1. The van der Waals surface area contributed by atoms with Gasteiger partial charge >= 0.3 is 0 Å². The van der Waals surface area contributed by atoms with Crippen LogP contribution in [0.5, 0.6) is 0 Å². The molecule has 2 aliphatic heterocycles. The van der Waals surface area contributed by atoms with Crippen molar-refractivity contribution in [3.8, 4) is 0 Å². The molecule has 0 N–H and O–H groups in total. The molecule has 0 bridgehead atoms. The van der Waals surface area contributed by atoms with E-state index in [1.54, 1.807) is 17.0 Å². The van der Waals surface area contributed by atoms with E-state index in [9.17, 15) is 9.59 Å². The molecule has 1 atom stereocenters. The molecular weight excluding hydrogens is 408 g/mol. The van der Waals surface area contributed by atoms with Crippen molar-refractivity contribution < 1.29 is 18.4 Å². The van der Waals surface area contributed by atoms with Gasteiger partial charge in [-0.15, -0.1) is 0 Å². The summed E-state index contributed by atoms with van der Waals surface area (Å²) in [5.74, 6) is 1.46. The number of para-hydroxylation sites is 2. The van der Waals surface area contributed by atoms with Crippen LogP contribution in [0.15, 0.2) is 51.5 Å². The van der Waals surface area contributed by atoms with Gasteiger partial charge in [-0.3, -0.25) is 14.5 Å². The number of piperazine rings is 1. The highest BCUT2D eigenvalue weighted by Gasteiger charge is 2.33. The number of carbonyl (C=O) groups excluding carboxylic acids is 2. The van der Waals surface area contributed by atoms with E-state index in [-0.39, 0.29) is 23.8 Å². The maximum absolute atomic E-state index is 13.1. The average Bonchev–Trinajstić information content (AvgIpc) is 3.53. The summed E-state index contributed by atoms with van der Waals surface area (Å²) in [6.07, 6.45) is 3.36. The first-order chi connectivity index (χ1) is 15.6. The van der Waals surface area contributed by atoms with Crippen molar-refractivity contribution in [2.45, 2.75) is 31.7 Å². The molecule has 0 spiro atoms. The van der Waals surface area contributed by atoms with E-state index in [2.05, 4.69) is 9.88 Å². The molecule has 2 amide bonds. The monoisotopic (exact) mass is 436 g/mol. The number of nitrogens with zero attached hydrogens (tertiary/aromatic N) is 4. The highest BCUT2D eigenvalue weighted by Crippen LogP contribution is 2.30. The molecule has 3 aromatic rings. The summed E-state index contributed by atoms with van der Waals surface area (Å²) in [4.78, 5) is 36.1. The molecule has 4 heterocycles. The fraction of sp³-hybridized carbons (Fsp3) is 0.458. The predicted molar refractivity (Wildman–Crippen MR) is 118 cm³/mol.